The Morgan fingerprint density at radius 2 is 1.42 bits per heavy atom. The van der Waals surface area contributed by atoms with Crippen LogP contribution in [0.4, 0.5) is 0 Å². The fourth-order valence-corrected chi connectivity index (χ4v) is 1.76. The van der Waals surface area contributed by atoms with Crippen molar-refractivity contribution >= 4 is 10.9 Å². The van der Waals surface area contributed by atoms with Crippen LogP contribution >= 0.6 is 0 Å². The van der Waals surface area contributed by atoms with Gasteiger partial charge in [0, 0.05) is 18.5 Å². The maximum Gasteiger partial charge on any atom is 0.162 e. The van der Waals surface area contributed by atoms with E-state index in [1.807, 2.05) is 58.5 Å². The third-order valence-corrected chi connectivity index (χ3v) is 2.54. The lowest BCUT2D eigenvalue weighted by molar-refractivity contribution is 0.355. The third-order valence-electron chi connectivity index (χ3n) is 2.54. The average Bonchev–Trinajstić information content (AvgIpc) is 2.76. The van der Waals surface area contributed by atoms with Crippen LogP contribution in [0.2, 0.25) is 0 Å². The second kappa shape index (κ2) is 8.40. The highest BCUT2D eigenvalue weighted by molar-refractivity contribution is 5.85. The first-order valence-electron chi connectivity index (χ1n) is 6.72. The Kier molecular flexibility index (Phi) is 7.65. The molecule has 4 nitrogen and oxygen atoms in total. The molecule has 0 unspecified atom stereocenters. The molecule has 4 heteroatoms. The summed E-state index contributed by atoms with van der Waals surface area (Å²) in [6.45, 7) is 9.98. The maximum absolute atomic E-state index is 5.25. The standard InChI is InChI=1S/C11H14N2O2.2C2H6/c1-7-8-5-10(14-3)11(15-4)6-9(8)13(2)12-7;2*1-2/h5-6H,1-4H3;2*1-2H3. The Bertz CT molecular complexity index is 460. The van der Waals surface area contributed by atoms with E-state index in [2.05, 4.69) is 5.10 Å². The molecule has 0 saturated carbocycles. The van der Waals surface area contributed by atoms with Gasteiger partial charge in [0.05, 0.1) is 25.4 Å². The summed E-state index contributed by atoms with van der Waals surface area (Å²) in [5, 5.41) is 5.44. The van der Waals surface area contributed by atoms with E-state index < -0.39 is 0 Å². The van der Waals surface area contributed by atoms with Gasteiger partial charge in [-0.2, -0.15) is 5.10 Å². The topological polar surface area (TPSA) is 36.3 Å². The van der Waals surface area contributed by atoms with Gasteiger partial charge >= 0.3 is 0 Å². The highest BCUT2D eigenvalue weighted by atomic mass is 16.5. The van der Waals surface area contributed by atoms with E-state index in [4.69, 9.17) is 9.47 Å². The summed E-state index contributed by atoms with van der Waals surface area (Å²) in [6, 6.07) is 3.89. The van der Waals surface area contributed by atoms with E-state index in [9.17, 15) is 0 Å². The van der Waals surface area contributed by atoms with Gasteiger partial charge in [0.15, 0.2) is 11.5 Å². The third kappa shape index (κ3) is 3.63. The van der Waals surface area contributed by atoms with Crippen molar-refractivity contribution in [3.63, 3.8) is 0 Å². The van der Waals surface area contributed by atoms with Crippen LogP contribution in [0.15, 0.2) is 12.1 Å². The van der Waals surface area contributed by atoms with Crippen molar-refractivity contribution in [2.24, 2.45) is 7.05 Å². The molecule has 0 atom stereocenters. The Morgan fingerprint density at radius 1 is 0.947 bits per heavy atom. The lowest BCUT2D eigenvalue weighted by Gasteiger charge is -2.07. The van der Waals surface area contributed by atoms with E-state index in [1.54, 1.807) is 14.2 Å². The summed E-state index contributed by atoms with van der Waals surface area (Å²) in [5.41, 5.74) is 2.04. The first kappa shape index (κ1) is 17.3. The first-order valence-corrected chi connectivity index (χ1v) is 6.72. The number of hydrogen-bond donors (Lipinski definition) is 0. The van der Waals surface area contributed by atoms with E-state index in [1.165, 1.54) is 0 Å². The lowest BCUT2D eigenvalue weighted by atomic mass is 10.2. The monoisotopic (exact) mass is 266 g/mol. The second-order valence-electron chi connectivity index (χ2n) is 3.43. The fraction of sp³-hybridized carbons (Fsp3) is 0.533. The van der Waals surface area contributed by atoms with Gasteiger partial charge in [0.25, 0.3) is 0 Å². The molecule has 0 radical (unpaired) electrons. The van der Waals surface area contributed by atoms with Crippen LogP contribution in [0.25, 0.3) is 10.9 Å². The van der Waals surface area contributed by atoms with E-state index in [0.29, 0.717) is 0 Å². The number of methoxy groups -OCH3 is 2. The van der Waals surface area contributed by atoms with Crippen LogP contribution in [-0.4, -0.2) is 24.0 Å². The molecule has 0 aliphatic rings. The Balaban J connectivity index is 0.000000741. The van der Waals surface area contributed by atoms with Crippen LogP contribution in [0.1, 0.15) is 33.4 Å². The number of fused-ring (bicyclic) bond motifs is 1. The summed E-state index contributed by atoms with van der Waals surface area (Å²) in [5.74, 6) is 1.47. The molecule has 19 heavy (non-hydrogen) atoms. The SMILES string of the molecule is CC.CC.COc1cc2c(C)nn(C)c2cc1OC. The molecule has 0 aliphatic carbocycles. The zero-order chi connectivity index (χ0) is 15.0. The van der Waals surface area contributed by atoms with Crippen molar-refractivity contribution in [3.05, 3.63) is 17.8 Å². The minimum atomic E-state index is 0.730. The van der Waals surface area contributed by atoms with Gasteiger partial charge in [-0.15, -0.1) is 0 Å². The van der Waals surface area contributed by atoms with Crippen LogP contribution in [0.3, 0.4) is 0 Å². The predicted octanol–water partition coefficient (Wildman–Crippen LogP) is 3.95. The number of rotatable bonds is 2. The fourth-order valence-electron chi connectivity index (χ4n) is 1.76. The molecule has 0 bridgehead atoms. The molecule has 0 aliphatic heterocycles. The molecule has 2 rings (SSSR count). The zero-order valence-electron chi connectivity index (χ0n) is 13.4. The van der Waals surface area contributed by atoms with Crippen LogP contribution in [0, 0.1) is 6.92 Å². The largest absolute Gasteiger partial charge is 0.493 e. The molecule has 2 aromatic rings. The predicted molar refractivity (Wildman–Crippen MR) is 81.3 cm³/mol. The molecule has 0 saturated heterocycles. The minimum Gasteiger partial charge on any atom is -0.493 e. The summed E-state index contributed by atoms with van der Waals surface area (Å²) in [7, 11) is 5.18. The van der Waals surface area contributed by atoms with Crippen LogP contribution in [-0.2, 0) is 7.05 Å². The summed E-state index contributed by atoms with van der Waals surface area (Å²) in [4.78, 5) is 0. The molecule has 0 spiro atoms. The molecular weight excluding hydrogens is 240 g/mol. The van der Waals surface area contributed by atoms with Gasteiger partial charge in [0.1, 0.15) is 0 Å². The molecule has 1 aromatic carbocycles. The van der Waals surface area contributed by atoms with Gasteiger partial charge in [0.2, 0.25) is 0 Å². The highest BCUT2D eigenvalue weighted by Crippen LogP contribution is 2.32. The molecule has 0 N–H and O–H groups in total. The average molecular weight is 266 g/mol. The van der Waals surface area contributed by atoms with Gasteiger partial charge in [-0.05, 0) is 13.0 Å². The maximum atomic E-state index is 5.25. The van der Waals surface area contributed by atoms with Gasteiger partial charge < -0.3 is 9.47 Å². The quantitative estimate of drug-likeness (QED) is 0.825. The van der Waals surface area contributed by atoms with E-state index >= 15 is 0 Å². The Hall–Kier alpha value is -1.71. The van der Waals surface area contributed by atoms with Crippen molar-refractivity contribution < 1.29 is 9.47 Å². The molecule has 0 amide bonds. The van der Waals surface area contributed by atoms with Gasteiger partial charge in [-0.1, -0.05) is 27.7 Å². The summed E-state index contributed by atoms with van der Waals surface area (Å²) in [6.07, 6.45) is 0. The minimum absolute atomic E-state index is 0.730. The van der Waals surface area contributed by atoms with Crippen LogP contribution < -0.4 is 9.47 Å². The molecule has 1 aromatic heterocycles. The Labute approximate surface area is 116 Å². The number of aryl methyl sites for hydroxylation is 2. The van der Waals surface area contributed by atoms with Gasteiger partial charge in [-0.3, -0.25) is 4.68 Å². The van der Waals surface area contributed by atoms with Gasteiger partial charge in [-0.25, -0.2) is 0 Å². The van der Waals surface area contributed by atoms with E-state index in [-0.39, 0.29) is 0 Å². The molecule has 1 heterocycles. The normalized spacial score (nSPS) is 9.05. The highest BCUT2D eigenvalue weighted by Gasteiger charge is 2.11. The van der Waals surface area contributed by atoms with Crippen molar-refractivity contribution in [3.8, 4) is 11.5 Å². The molecule has 108 valence electrons. The summed E-state index contributed by atoms with van der Waals surface area (Å²) < 4.78 is 12.3. The van der Waals surface area contributed by atoms with Crippen molar-refractivity contribution in [1.82, 2.24) is 9.78 Å². The van der Waals surface area contributed by atoms with E-state index in [0.717, 1.165) is 28.1 Å². The van der Waals surface area contributed by atoms with Crippen molar-refractivity contribution in [1.29, 1.82) is 0 Å². The van der Waals surface area contributed by atoms with Crippen molar-refractivity contribution in [2.45, 2.75) is 34.6 Å². The molecule has 0 fully saturated rings. The number of aromatic nitrogens is 2. The smallest absolute Gasteiger partial charge is 0.162 e. The lowest BCUT2D eigenvalue weighted by Crippen LogP contribution is -1.92. The zero-order valence-corrected chi connectivity index (χ0v) is 13.4. The number of benzene rings is 1. The number of nitrogens with zero attached hydrogens (tertiary/aromatic N) is 2. The van der Waals surface area contributed by atoms with Crippen molar-refractivity contribution in [2.75, 3.05) is 14.2 Å². The first-order chi connectivity index (χ1) is 9.17. The van der Waals surface area contributed by atoms with Crippen LogP contribution in [0.5, 0.6) is 11.5 Å². The number of ether oxygens (including phenoxy) is 2. The summed E-state index contributed by atoms with van der Waals surface area (Å²) >= 11 is 0. The second-order valence-corrected chi connectivity index (χ2v) is 3.43. The number of hydrogen-bond acceptors (Lipinski definition) is 3. The molecular formula is C15H26N2O2. The Morgan fingerprint density at radius 3 is 1.89 bits per heavy atom.